The van der Waals surface area contributed by atoms with Gasteiger partial charge in [0.15, 0.2) is 0 Å². The number of rotatable bonds is 7. The second kappa shape index (κ2) is 10.2. The van der Waals surface area contributed by atoms with Crippen LogP contribution in [0.4, 0.5) is 17.6 Å². The van der Waals surface area contributed by atoms with E-state index in [9.17, 15) is 30.8 Å². The van der Waals surface area contributed by atoms with Crippen LogP contribution in [0.1, 0.15) is 27.3 Å². The molecule has 0 atom stereocenters. The predicted octanol–water partition coefficient (Wildman–Crippen LogP) is 4.35. The summed E-state index contributed by atoms with van der Waals surface area (Å²) >= 11 is 11.4. The summed E-state index contributed by atoms with van der Waals surface area (Å²) in [6.07, 6.45) is -2.72. The quantitative estimate of drug-likeness (QED) is 0.437. The van der Waals surface area contributed by atoms with E-state index < -0.39 is 33.5 Å². The molecular weight excluding hydrogens is 523 g/mol. The Balaban J connectivity index is 1.59. The molecule has 0 spiro atoms. The van der Waals surface area contributed by atoms with E-state index in [-0.39, 0.29) is 39.4 Å². The smallest absolute Gasteiger partial charge is 0.345 e. The lowest BCUT2D eigenvalue weighted by Gasteiger charge is -2.10. The molecule has 1 amide bonds. The molecule has 180 valence electrons. The number of pyridine rings is 2. The predicted molar refractivity (Wildman–Crippen MR) is 115 cm³/mol. The topological polar surface area (TPSA) is 101 Å². The standard InChI is InChI=1S/C20H14Cl2F4N4O3S/c21-14-6-13(2-3-16(14)23)34(32,33)30-8-11-1-4-17(27-7-11)19(31)29-10-18-15(22)5-12(9-28-18)20(24,25)26/h1-7,9,30H,8,10H2,(H,29,31). The highest BCUT2D eigenvalue weighted by Crippen LogP contribution is 2.31. The Morgan fingerprint density at radius 3 is 2.29 bits per heavy atom. The fourth-order valence-electron chi connectivity index (χ4n) is 2.57. The van der Waals surface area contributed by atoms with E-state index in [0.29, 0.717) is 17.8 Å². The average molecular weight is 537 g/mol. The van der Waals surface area contributed by atoms with Crippen LogP contribution in [-0.2, 0) is 29.3 Å². The van der Waals surface area contributed by atoms with E-state index in [1.165, 1.54) is 18.3 Å². The summed E-state index contributed by atoms with van der Waals surface area (Å²) in [5.74, 6) is -1.40. The van der Waals surface area contributed by atoms with Gasteiger partial charge < -0.3 is 5.32 Å². The molecule has 0 saturated heterocycles. The van der Waals surface area contributed by atoms with E-state index in [2.05, 4.69) is 20.0 Å². The van der Waals surface area contributed by atoms with Crippen molar-refractivity contribution in [2.24, 2.45) is 0 Å². The van der Waals surface area contributed by atoms with Gasteiger partial charge in [0.25, 0.3) is 5.91 Å². The molecule has 14 heteroatoms. The summed E-state index contributed by atoms with van der Waals surface area (Å²) in [6, 6.07) is 6.46. The second-order valence-electron chi connectivity index (χ2n) is 6.79. The van der Waals surface area contributed by atoms with Crippen molar-refractivity contribution in [1.29, 1.82) is 0 Å². The van der Waals surface area contributed by atoms with Crippen molar-refractivity contribution >= 4 is 39.1 Å². The van der Waals surface area contributed by atoms with Gasteiger partial charge in [0.2, 0.25) is 10.0 Å². The first kappa shape index (κ1) is 25.8. The highest BCUT2D eigenvalue weighted by Gasteiger charge is 2.31. The number of amides is 1. The van der Waals surface area contributed by atoms with Crippen LogP contribution in [0, 0.1) is 5.82 Å². The minimum atomic E-state index is -4.59. The summed E-state index contributed by atoms with van der Waals surface area (Å²) in [5.41, 5.74) is -0.585. The number of carbonyl (C=O) groups is 1. The molecule has 2 aromatic heterocycles. The number of sulfonamides is 1. The third-order valence-corrected chi connectivity index (χ3v) is 6.40. The maximum atomic E-state index is 13.2. The Morgan fingerprint density at radius 2 is 1.71 bits per heavy atom. The molecule has 0 aliphatic heterocycles. The van der Waals surface area contributed by atoms with Crippen LogP contribution in [0.2, 0.25) is 10.0 Å². The van der Waals surface area contributed by atoms with Crippen LogP contribution in [0.3, 0.4) is 0 Å². The molecule has 0 unspecified atom stereocenters. The zero-order valence-corrected chi connectivity index (χ0v) is 19.2. The van der Waals surface area contributed by atoms with Crippen molar-refractivity contribution in [2.45, 2.75) is 24.2 Å². The summed E-state index contributed by atoms with van der Waals surface area (Å²) in [6.45, 7) is -0.406. The molecule has 0 bridgehead atoms. The number of alkyl halides is 3. The Morgan fingerprint density at radius 1 is 0.971 bits per heavy atom. The van der Waals surface area contributed by atoms with Crippen LogP contribution < -0.4 is 10.0 Å². The summed E-state index contributed by atoms with van der Waals surface area (Å²) < 4.78 is 78.2. The highest BCUT2D eigenvalue weighted by molar-refractivity contribution is 7.89. The number of hydrogen-bond donors (Lipinski definition) is 2. The molecule has 1 aromatic carbocycles. The van der Waals surface area contributed by atoms with Crippen molar-refractivity contribution in [2.75, 3.05) is 0 Å². The van der Waals surface area contributed by atoms with Crippen LogP contribution in [0.15, 0.2) is 53.7 Å². The van der Waals surface area contributed by atoms with Crippen molar-refractivity contribution in [3.05, 3.63) is 87.2 Å². The zero-order valence-electron chi connectivity index (χ0n) is 16.8. The summed E-state index contributed by atoms with van der Waals surface area (Å²) in [4.78, 5) is 19.6. The van der Waals surface area contributed by atoms with Gasteiger partial charge in [-0.25, -0.2) is 17.5 Å². The molecule has 0 aliphatic rings. The molecule has 0 saturated carbocycles. The average Bonchev–Trinajstić information content (AvgIpc) is 2.78. The van der Waals surface area contributed by atoms with Crippen molar-refractivity contribution in [1.82, 2.24) is 20.0 Å². The van der Waals surface area contributed by atoms with E-state index in [1.807, 2.05) is 0 Å². The third-order valence-electron chi connectivity index (χ3n) is 4.39. The number of halogens is 6. The maximum Gasteiger partial charge on any atom is 0.417 e. The van der Waals surface area contributed by atoms with Gasteiger partial charge in [0, 0.05) is 18.9 Å². The summed E-state index contributed by atoms with van der Waals surface area (Å²) in [7, 11) is -3.98. The second-order valence-corrected chi connectivity index (χ2v) is 9.37. The monoisotopic (exact) mass is 536 g/mol. The summed E-state index contributed by atoms with van der Waals surface area (Å²) in [5, 5.41) is 1.84. The molecule has 0 aliphatic carbocycles. The normalized spacial score (nSPS) is 11.9. The van der Waals surface area contributed by atoms with Gasteiger partial charge in [-0.2, -0.15) is 13.2 Å². The first-order chi connectivity index (χ1) is 15.9. The molecule has 2 N–H and O–H groups in total. The molecular formula is C20H14Cl2F4N4O3S. The first-order valence-electron chi connectivity index (χ1n) is 9.26. The van der Waals surface area contributed by atoms with Gasteiger partial charge in [0.05, 0.1) is 32.7 Å². The van der Waals surface area contributed by atoms with Gasteiger partial charge in [-0.15, -0.1) is 0 Å². The van der Waals surface area contributed by atoms with E-state index in [4.69, 9.17) is 23.2 Å². The van der Waals surface area contributed by atoms with Crippen molar-refractivity contribution < 1.29 is 30.8 Å². The van der Waals surface area contributed by atoms with Crippen molar-refractivity contribution in [3.8, 4) is 0 Å². The molecule has 7 nitrogen and oxygen atoms in total. The van der Waals surface area contributed by atoms with Gasteiger partial charge >= 0.3 is 6.18 Å². The molecule has 0 fully saturated rings. The molecule has 0 radical (unpaired) electrons. The molecule has 2 heterocycles. The van der Waals surface area contributed by atoms with Crippen LogP contribution in [0.5, 0.6) is 0 Å². The fraction of sp³-hybridized carbons (Fsp3) is 0.150. The number of benzene rings is 1. The van der Waals surface area contributed by atoms with Gasteiger partial charge in [-0.05, 0) is 35.9 Å². The Labute approximate surface area is 201 Å². The number of carbonyl (C=O) groups excluding carboxylic acids is 1. The largest absolute Gasteiger partial charge is 0.417 e. The highest BCUT2D eigenvalue weighted by atomic mass is 35.5. The minimum absolute atomic E-state index is 0.0278. The van der Waals surface area contributed by atoms with Crippen molar-refractivity contribution in [3.63, 3.8) is 0 Å². The lowest BCUT2D eigenvalue weighted by molar-refractivity contribution is -0.137. The van der Waals surface area contributed by atoms with Crippen LogP contribution in [0.25, 0.3) is 0 Å². The fourth-order valence-corrected chi connectivity index (χ4v) is 4.10. The van der Waals surface area contributed by atoms with E-state index in [0.717, 1.165) is 18.2 Å². The van der Waals surface area contributed by atoms with Gasteiger partial charge in [-0.1, -0.05) is 29.3 Å². The number of nitrogens with zero attached hydrogens (tertiary/aromatic N) is 2. The number of hydrogen-bond acceptors (Lipinski definition) is 5. The third kappa shape index (κ3) is 6.41. The molecule has 3 rings (SSSR count). The van der Waals surface area contributed by atoms with Gasteiger partial charge in [0.1, 0.15) is 11.5 Å². The SMILES string of the molecule is O=C(NCc1ncc(C(F)(F)F)cc1Cl)c1ccc(CNS(=O)(=O)c2ccc(F)c(Cl)c2)cn1. The molecule has 3 aromatic rings. The lowest BCUT2D eigenvalue weighted by atomic mass is 10.2. The minimum Gasteiger partial charge on any atom is -0.345 e. The van der Waals surface area contributed by atoms with Crippen LogP contribution >= 0.6 is 23.2 Å². The number of aromatic nitrogens is 2. The Bertz CT molecular complexity index is 1320. The zero-order chi connectivity index (χ0) is 25.1. The maximum absolute atomic E-state index is 13.2. The van der Waals surface area contributed by atoms with Crippen LogP contribution in [-0.4, -0.2) is 24.3 Å². The first-order valence-corrected chi connectivity index (χ1v) is 11.5. The van der Waals surface area contributed by atoms with Gasteiger partial charge in [-0.3, -0.25) is 14.8 Å². The Kier molecular flexibility index (Phi) is 7.76. The van der Waals surface area contributed by atoms with E-state index >= 15 is 0 Å². The lowest BCUT2D eigenvalue weighted by Crippen LogP contribution is -2.25. The van der Waals surface area contributed by atoms with E-state index in [1.54, 1.807) is 0 Å². The number of nitrogens with one attached hydrogen (secondary N) is 2. The molecule has 34 heavy (non-hydrogen) atoms. The Hall–Kier alpha value is -2.80.